The molecular weight excluding hydrogens is 266 g/mol. The normalized spacial score (nSPS) is 16.8. The van der Waals surface area contributed by atoms with Crippen molar-refractivity contribution in [3.05, 3.63) is 27.2 Å². The topological polar surface area (TPSA) is 35.2 Å². The van der Waals surface area contributed by atoms with Crippen LogP contribution in [0, 0.1) is 0 Å². The Hall–Kier alpha value is -0.540. The van der Waals surface area contributed by atoms with E-state index < -0.39 is 0 Å². The van der Waals surface area contributed by atoms with Crippen LogP contribution in [0.3, 0.4) is 0 Å². The van der Waals surface area contributed by atoms with Crippen molar-refractivity contribution in [2.75, 3.05) is 7.11 Å². The van der Waals surface area contributed by atoms with Gasteiger partial charge >= 0.3 is 0 Å². The van der Waals surface area contributed by atoms with Crippen LogP contribution in [-0.2, 0) is 12.8 Å². The Kier molecular flexibility index (Phi) is 3.55. The van der Waals surface area contributed by atoms with E-state index in [2.05, 4.69) is 22.0 Å². The van der Waals surface area contributed by atoms with E-state index in [0.717, 1.165) is 23.1 Å². The van der Waals surface area contributed by atoms with Crippen molar-refractivity contribution in [1.29, 1.82) is 0 Å². The summed E-state index contributed by atoms with van der Waals surface area (Å²) in [4.78, 5) is 0. The van der Waals surface area contributed by atoms with Gasteiger partial charge in [-0.05, 0) is 65.7 Å². The van der Waals surface area contributed by atoms with Gasteiger partial charge in [-0.25, -0.2) is 0 Å². The molecule has 3 heteroatoms. The second kappa shape index (κ2) is 4.76. The first-order chi connectivity index (χ1) is 7.65. The fourth-order valence-corrected chi connectivity index (χ4v) is 3.22. The molecule has 2 N–H and O–H groups in total. The predicted molar refractivity (Wildman–Crippen MR) is 69.9 cm³/mol. The van der Waals surface area contributed by atoms with Crippen molar-refractivity contribution in [1.82, 2.24) is 0 Å². The Labute approximate surface area is 105 Å². The number of hydrogen-bond acceptors (Lipinski definition) is 2. The lowest BCUT2D eigenvalue weighted by molar-refractivity contribution is 0.402. The molecule has 0 saturated carbocycles. The second-order valence-electron chi connectivity index (χ2n) is 4.44. The van der Waals surface area contributed by atoms with E-state index in [0.29, 0.717) is 0 Å². The summed E-state index contributed by atoms with van der Waals surface area (Å²) < 4.78 is 6.51. The molecule has 1 aromatic carbocycles. The van der Waals surface area contributed by atoms with Gasteiger partial charge in [-0.3, -0.25) is 0 Å². The molecule has 1 unspecified atom stereocenters. The molecule has 1 aromatic rings. The maximum absolute atomic E-state index is 6.08. The number of rotatable bonds is 2. The van der Waals surface area contributed by atoms with Gasteiger partial charge in [-0.2, -0.15) is 0 Å². The number of halogens is 1. The van der Waals surface area contributed by atoms with Crippen LogP contribution in [0.4, 0.5) is 0 Å². The first-order valence-corrected chi connectivity index (χ1v) is 6.58. The van der Waals surface area contributed by atoms with Crippen LogP contribution in [0.2, 0.25) is 0 Å². The van der Waals surface area contributed by atoms with Crippen molar-refractivity contribution in [2.24, 2.45) is 5.73 Å². The van der Waals surface area contributed by atoms with Gasteiger partial charge < -0.3 is 10.5 Å². The van der Waals surface area contributed by atoms with Gasteiger partial charge in [0.25, 0.3) is 0 Å². The van der Waals surface area contributed by atoms with E-state index in [4.69, 9.17) is 10.5 Å². The number of benzene rings is 1. The highest BCUT2D eigenvalue weighted by Crippen LogP contribution is 2.39. The van der Waals surface area contributed by atoms with Gasteiger partial charge in [0.1, 0.15) is 5.75 Å². The van der Waals surface area contributed by atoms with E-state index in [-0.39, 0.29) is 6.04 Å². The van der Waals surface area contributed by atoms with Gasteiger partial charge in [-0.1, -0.05) is 0 Å². The molecule has 0 spiro atoms. The zero-order chi connectivity index (χ0) is 11.7. The largest absolute Gasteiger partial charge is 0.495 e. The third-order valence-corrected chi connectivity index (χ3v) is 3.85. The van der Waals surface area contributed by atoms with Gasteiger partial charge in [0, 0.05) is 11.6 Å². The quantitative estimate of drug-likeness (QED) is 0.903. The highest BCUT2D eigenvalue weighted by molar-refractivity contribution is 9.10. The Morgan fingerprint density at radius 3 is 2.69 bits per heavy atom. The summed E-state index contributed by atoms with van der Waals surface area (Å²) in [7, 11) is 1.71. The van der Waals surface area contributed by atoms with Gasteiger partial charge in [0.05, 0.1) is 11.6 Å². The lowest BCUT2D eigenvalue weighted by Crippen LogP contribution is -2.15. The zero-order valence-corrected chi connectivity index (χ0v) is 11.4. The Balaban J connectivity index is 2.64. The molecule has 0 heterocycles. The summed E-state index contributed by atoms with van der Waals surface area (Å²) in [5, 5.41) is 0. The first kappa shape index (κ1) is 11.9. The Morgan fingerprint density at radius 2 is 2.06 bits per heavy atom. The van der Waals surface area contributed by atoms with Gasteiger partial charge in [0.15, 0.2) is 0 Å². The number of nitrogens with two attached hydrogens (primary N) is 1. The molecule has 0 amide bonds. The van der Waals surface area contributed by atoms with Crippen molar-refractivity contribution in [3.8, 4) is 5.75 Å². The molecule has 0 aliphatic heterocycles. The standard InChI is InChI=1S/C13H18BrNO/c1-8(15)12-10-6-4-3-5-9(10)7-11(14)13(12)16-2/h7-8H,3-6,15H2,1-2H3. The van der Waals surface area contributed by atoms with Crippen molar-refractivity contribution in [3.63, 3.8) is 0 Å². The van der Waals surface area contributed by atoms with Crippen LogP contribution in [0.1, 0.15) is 42.5 Å². The number of aryl methyl sites for hydroxylation is 1. The summed E-state index contributed by atoms with van der Waals surface area (Å²) in [5.74, 6) is 0.913. The molecule has 2 rings (SSSR count). The molecule has 16 heavy (non-hydrogen) atoms. The van der Waals surface area contributed by atoms with E-state index in [1.807, 2.05) is 6.92 Å². The molecule has 0 aromatic heterocycles. The smallest absolute Gasteiger partial charge is 0.138 e. The van der Waals surface area contributed by atoms with Crippen LogP contribution in [0.5, 0.6) is 5.75 Å². The van der Waals surface area contributed by atoms with Gasteiger partial charge in [-0.15, -0.1) is 0 Å². The van der Waals surface area contributed by atoms with Crippen LogP contribution >= 0.6 is 15.9 Å². The lowest BCUT2D eigenvalue weighted by Gasteiger charge is -2.24. The number of fused-ring (bicyclic) bond motifs is 1. The average Bonchev–Trinajstić information content (AvgIpc) is 2.26. The third-order valence-electron chi connectivity index (χ3n) is 3.26. The number of hydrogen-bond donors (Lipinski definition) is 1. The minimum atomic E-state index is 0.0271. The number of ether oxygens (including phenoxy) is 1. The minimum absolute atomic E-state index is 0.0271. The van der Waals surface area contributed by atoms with Crippen molar-refractivity contribution >= 4 is 15.9 Å². The molecule has 88 valence electrons. The van der Waals surface area contributed by atoms with Crippen molar-refractivity contribution < 1.29 is 4.74 Å². The highest BCUT2D eigenvalue weighted by atomic mass is 79.9. The monoisotopic (exact) mass is 283 g/mol. The summed E-state index contributed by atoms with van der Waals surface area (Å²) >= 11 is 3.57. The Bertz CT molecular complexity index is 401. The van der Waals surface area contributed by atoms with E-state index in [1.165, 1.54) is 29.5 Å². The molecule has 0 radical (unpaired) electrons. The first-order valence-electron chi connectivity index (χ1n) is 5.79. The minimum Gasteiger partial charge on any atom is -0.495 e. The molecule has 0 fully saturated rings. The highest BCUT2D eigenvalue weighted by Gasteiger charge is 2.21. The fraction of sp³-hybridized carbons (Fsp3) is 0.538. The predicted octanol–water partition coefficient (Wildman–Crippen LogP) is 3.36. The third kappa shape index (κ3) is 1.98. The van der Waals surface area contributed by atoms with Crippen molar-refractivity contribution in [2.45, 2.75) is 38.6 Å². The SMILES string of the molecule is COc1c(Br)cc2c(c1C(C)N)CCCC2. The molecule has 0 bridgehead atoms. The molecule has 0 saturated heterocycles. The van der Waals surface area contributed by atoms with Crippen LogP contribution in [0.15, 0.2) is 10.5 Å². The zero-order valence-electron chi connectivity index (χ0n) is 9.85. The molecule has 1 aliphatic rings. The lowest BCUT2D eigenvalue weighted by atomic mass is 9.86. The molecule has 1 atom stereocenters. The summed E-state index contributed by atoms with van der Waals surface area (Å²) in [6.07, 6.45) is 4.84. The van der Waals surface area contributed by atoms with Crippen LogP contribution in [-0.4, -0.2) is 7.11 Å². The Morgan fingerprint density at radius 1 is 1.38 bits per heavy atom. The molecular formula is C13H18BrNO. The van der Waals surface area contributed by atoms with Crippen LogP contribution in [0.25, 0.3) is 0 Å². The summed E-state index contributed by atoms with van der Waals surface area (Å²) in [6, 6.07) is 2.22. The fourth-order valence-electron chi connectivity index (χ4n) is 2.57. The van der Waals surface area contributed by atoms with E-state index in [1.54, 1.807) is 7.11 Å². The second-order valence-corrected chi connectivity index (χ2v) is 5.29. The van der Waals surface area contributed by atoms with Gasteiger partial charge in [0.2, 0.25) is 0 Å². The maximum atomic E-state index is 6.08. The summed E-state index contributed by atoms with van der Waals surface area (Å²) in [6.45, 7) is 2.03. The molecule has 1 aliphatic carbocycles. The average molecular weight is 284 g/mol. The summed E-state index contributed by atoms with van der Waals surface area (Å²) in [5.41, 5.74) is 10.1. The van der Waals surface area contributed by atoms with E-state index >= 15 is 0 Å². The number of methoxy groups -OCH3 is 1. The molecule has 2 nitrogen and oxygen atoms in total. The van der Waals surface area contributed by atoms with E-state index in [9.17, 15) is 0 Å². The van der Waals surface area contributed by atoms with Crippen LogP contribution < -0.4 is 10.5 Å². The maximum Gasteiger partial charge on any atom is 0.138 e.